The molecule has 4 nitrogen and oxygen atoms in total. The summed E-state index contributed by atoms with van der Waals surface area (Å²) in [5, 5.41) is 5.07. The lowest BCUT2D eigenvalue weighted by atomic mass is 9.85. The van der Waals surface area contributed by atoms with Crippen molar-refractivity contribution in [2.24, 2.45) is 10.6 Å². The van der Waals surface area contributed by atoms with Crippen LogP contribution in [-0.4, -0.2) is 25.8 Å². The SMILES string of the molecule is CC1(C)CCCN(S(N)(=O)=O)CC1. The quantitative estimate of drug-likeness (QED) is 0.686. The number of nitrogens with two attached hydrogens (primary N) is 1. The fraction of sp³-hybridized carbons (Fsp3) is 1.00. The smallest absolute Gasteiger partial charge is 0.216 e. The summed E-state index contributed by atoms with van der Waals surface area (Å²) in [4.78, 5) is 0. The Hall–Kier alpha value is -0.130. The van der Waals surface area contributed by atoms with Crippen LogP contribution in [0, 0.1) is 5.41 Å². The number of nitrogens with zero attached hydrogens (tertiary/aromatic N) is 1. The van der Waals surface area contributed by atoms with Crippen LogP contribution in [0.4, 0.5) is 0 Å². The maximum absolute atomic E-state index is 11.1. The number of hydrogen-bond donors (Lipinski definition) is 1. The second kappa shape index (κ2) is 3.55. The van der Waals surface area contributed by atoms with Gasteiger partial charge in [0.05, 0.1) is 0 Å². The average molecular weight is 206 g/mol. The molecule has 1 aliphatic heterocycles. The minimum Gasteiger partial charge on any atom is -0.216 e. The Morgan fingerprint density at radius 1 is 1.23 bits per heavy atom. The third-order valence-electron chi connectivity index (χ3n) is 2.66. The number of rotatable bonds is 1. The largest absolute Gasteiger partial charge is 0.276 e. The maximum Gasteiger partial charge on any atom is 0.276 e. The average Bonchev–Trinajstić information content (AvgIpc) is 2.08. The molecule has 0 amide bonds. The van der Waals surface area contributed by atoms with Gasteiger partial charge in [-0.2, -0.15) is 12.7 Å². The molecule has 2 N–H and O–H groups in total. The van der Waals surface area contributed by atoms with Crippen molar-refractivity contribution in [2.45, 2.75) is 33.1 Å². The van der Waals surface area contributed by atoms with Crippen molar-refractivity contribution >= 4 is 10.2 Å². The first-order valence-corrected chi connectivity index (χ1v) is 6.09. The first-order chi connectivity index (χ1) is 5.81. The molecule has 0 aromatic heterocycles. The van der Waals surface area contributed by atoms with E-state index in [0.29, 0.717) is 13.1 Å². The van der Waals surface area contributed by atoms with Crippen molar-refractivity contribution in [3.05, 3.63) is 0 Å². The molecule has 1 rings (SSSR count). The molecule has 0 aromatic carbocycles. The molecular weight excluding hydrogens is 188 g/mol. The second-order valence-electron chi connectivity index (χ2n) is 4.46. The number of hydrogen-bond acceptors (Lipinski definition) is 2. The van der Waals surface area contributed by atoms with E-state index in [0.717, 1.165) is 19.3 Å². The molecule has 13 heavy (non-hydrogen) atoms. The zero-order valence-corrected chi connectivity index (χ0v) is 9.10. The van der Waals surface area contributed by atoms with Crippen molar-refractivity contribution < 1.29 is 8.42 Å². The van der Waals surface area contributed by atoms with Gasteiger partial charge in [0.1, 0.15) is 0 Å². The third-order valence-corrected chi connectivity index (χ3v) is 3.74. The lowest BCUT2D eigenvalue weighted by molar-refractivity contribution is 0.315. The maximum atomic E-state index is 11.1. The topological polar surface area (TPSA) is 63.4 Å². The van der Waals surface area contributed by atoms with Gasteiger partial charge in [-0.05, 0) is 24.7 Å². The summed E-state index contributed by atoms with van der Waals surface area (Å²) < 4.78 is 23.5. The van der Waals surface area contributed by atoms with Gasteiger partial charge in [0.25, 0.3) is 10.2 Å². The molecule has 0 unspecified atom stereocenters. The van der Waals surface area contributed by atoms with Crippen molar-refractivity contribution in [2.75, 3.05) is 13.1 Å². The minimum absolute atomic E-state index is 0.249. The van der Waals surface area contributed by atoms with E-state index in [1.54, 1.807) is 0 Å². The molecule has 1 fully saturated rings. The lowest BCUT2D eigenvalue weighted by Gasteiger charge is -2.21. The molecule has 0 bridgehead atoms. The summed E-state index contributed by atoms with van der Waals surface area (Å²) in [7, 11) is -3.47. The Kier molecular flexibility index (Phi) is 2.99. The van der Waals surface area contributed by atoms with E-state index in [1.807, 2.05) is 0 Å². The van der Waals surface area contributed by atoms with Crippen LogP contribution >= 0.6 is 0 Å². The molecule has 1 heterocycles. The summed E-state index contributed by atoms with van der Waals surface area (Å²) in [6, 6.07) is 0. The Labute approximate surface area is 80.3 Å². The molecule has 0 atom stereocenters. The Morgan fingerprint density at radius 2 is 1.85 bits per heavy atom. The van der Waals surface area contributed by atoms with Gasteiger partial charge in [0, 0.05) is 13.1 Å². The van der Waals surface area contributed by atoms with E-state index < -0.39 is 10.2 Å². The molecule has 1 saturated heterocycles. The fourth-order valence-electron chi connectivity index (χ4n) is 1.65. The zero-order chi connectivity index (χ0) is 10.1. The minimum atomic E-state index is -3.47. The molecule has 0 radical (unpaired) electrons. The molecule has 0 spiro atoms. The highest BCUT2D eigenvalue weighted by atomic mass is 32.2. The van der Waals surface area contributed by atoms with Gasteiger partial charge in [-0.3, -0.25) is 0 Å². The van der Waals surface area contributed by atoms with E-state index in [1.165, 1.54) is 4.31 Å². The van der Waals surface area contributed by atoms with Crippen LogP contribution < -0.4 is 5.14 Å². The normalized spacial score (nSPS) is 25.5. The van der Waals surface area contributed by atoms with Crippen LogP contribution in [0.5, 0.6) is 0 Å². The van der Waals surface area contributed by atoms with Crippen LogP contribution in [0.15, 0.2) is 0 Å². The van der Waals surface area contributed by atoms with Gasteiger partial charge in [0.15, 0.2) is 0 Å². The molecule has 78 valence electrons. The summed E-state index contributed by atoms with van der Waals surface area (Å²) in [5.74, 6) is 0. The van der Waals surface area contributed by atoms with Gasteiger partial charge in [-0.15, -0.1) is 0 Å². The van der Waals surface area contributed by atoms with Crippen LogP contribution in [-0.2, 0) is 10.2 Å². The van der Waals surface area contributed by atoms with Crippen molar-refractivity contribution in [3.63, 3.8) is 0 Å². The Morgan fingerprint density at radius 3 is 2.38 bits per heavy atom. The fourth-order valence-corrected chi connectivity index (χ4v) is 2.38. The van der Waals surface area contributed by atoms with Crippen molar-refractivity contribution in [3.8, 4) is 0 Å². The standard InChI is InChI=1S/C8H18N2O2S/c1-8(2)4-3-6-10(7-5-8)13(9,11)12/h3-7H2,1-2H3,(H2,9,11,12). The highest BCUT2D eigenvalue weighted by Gasteiger charge is 2.26. The van der Waals surface area contributed by atoms with Gasteiger partial charge >= 0.3 is 0 Å². The Bertz CT molecular complexity index is 272. The second-order valence-corrected chi connectivity index (χ2v) is 6.01. The van der Waals surface area contributed by atoms with E-state index >= 15 is 0 Å². The van der Waals surface area contributed by atoms with Gasteiger partial charge < -0.3 is 0 Å². The van der Waals surface area contributed by atoms with Crippen LogP contribution in [0.3, 0.4) is 0 Å². The van der Waals surface area contributed by atoms with Crippen LogP contribution in [0.2, 0.25) is 0 Å². The predicted octanol–water partition coefficient (Wildman–Crippen LogP) is 0.702. The molecule has 0 aliphatic carbocycles. The first-order valence-electron chi connectivity index (χ1n) is 4.59. The monoisotopic (exact) mass is 206 g/mol. The summed E-state index contributed by atoms with van der Waals surface area (Å²) in [6.45, 7) is 5.47. The van der Waals surface area contributed by atoms with Gasteiger partial charge in [-0.25, -0.2) is 5.14 Å². The highest BCUT2D eigenvalue weighted by molar-refractivity contribution is 7.86. The summed E-state index contributed by atoms with van der Waals surface area (Å²) in [6.07, 6.45) is 2.87. The van der Waals surface area contributed by atoms with E-state index in [9.17, 15) is 8.42 Å². The van der Waals surface area contributed by atoms with Crippen molar-refractivity contribution in [1.29, 1.82) is 0 Å². The molecule has 1 aliphatic rings. The molecular formula is C8H18N2O2S. The van der Waals surface area contributed by atoms with Gasteiger partial charge in [-0.1, -0.05) is 13.8 Å². The van der Waals surface area contributed by atoms with Gasteiger partial charge in [0.2, 0.25) is 0 Å². The van der Waals surface area contributed by atoms with Crippen LogP contribution in [0.25, 0.3) is 0 Å². The molecule has 5 heteroatoms. The van der Waals surface area contributed by atoms with E-state index in [-0.39, 0.29) is 5.41 Å². The van der Waals surface area contributed by atoms with E-state index in [4.69, 9.17) is 5.14 Å². The predicted molar refractivity (Wildman–Crippen MR) is 52.3 cm³/mol. The molecule has 0 saturated carbocycles. The Balaban J connectivity index is 2.66. The van der Waals surface area contributed by atoms with Crippen molar-refractivity contribution in [1.82, 2.24) is 4.31 Å². The first kappa shape index (κ1) is 10.9. The van der Waals surface area contributed by atoms with E-state index in [2.05, 4.69) is 13.8 Å². The lowest BCUT2D eigenvalue weighted by Crippen LogP contribution is -2.37. The zero-order valence-electron chi connectivity index (χ0n) is 8.28. The highest BCUT2D eigenvalue weighted by Crippen LogP contribution is 2.30. The summed E-state index contributed by atoms with van der Waals surface area (Å²) >= 11 is 0. The third kappa shape index (κ3) is 3.25. The summed E-state index contributed by atoms with van der Waals surface area (Å²) in [5.41, 5.74) is 0.249. The van der Waals surface area contributed by atoms with Crippen LogP contribution in [0.1, 0.15) is 33.1 Å². The molecule has 0 aromatic rings.